The summed E-state index contributed by atoms with van der Waals surface area (Å²) in [5, 5.41) is 21.1. The molecule has 0 heterocycles. The molecule has 0 spiro atoms. The molecule has 0 unspecified atom stereocenters. The fourth-order valence-electron chi connectivity index (χ4n) is 3.36. The van der Waals surface area contributed by atoms with Gasteiger partial charge in [0.2, 0.25) is 0 Å². The van der Waals surface area contributed by atoms with E-state index < -0.39 is 24.2 Å². The molecule has 0 saturated heterocycles. The second-order valence-electron chi connectivity index (χ2n) is 7.83. The molecular weight excluding hydrogens is 448 g/mol. The molecule has 35 heavy (non-hydrogen) atoms. The fourth-order valence-corrected chi connectivity index (χ4v) is 3.36. The largest absolute Gasteiger partial charge is 0.508 e. The molecule has 8 nitrogen and oxygen atoms in total. The highest BCUT2D eigenvalue weighted by Gasteiger charge is 2.29. The smallest absolute Gasteiger partial charge is 0.412 e. The van der Waals surface area contributed by atoms with E-state index in [0.717, 1.165) is 5.56 Å². The predicted octanol–water partition coefficient (Wildman–Crippen LogP) is 5.28. The molecule has 0 saturated carbocycles. The highest BCUT2D eigenvalue weighted by atomic mass is 16.6. The van der Waals surface area contributed by atoms with Gasteiger partial charge in [0.25, 0.3) is 5.91 Å². The molecule has 0 radical (unpaired) electrons. The van der Waals surface area contributed by atoms with Crippen molar-refractivity contribution in [3.8, 4) is 11.5 Å². The van der Waals surface area contributed by atoms with Gasteiger partial charge in [-0.3, -0.25) is 15.3 Å². The van der Waals surface area contributed by atoms with E-state index in [9.17, 15) is 14.7 Å². The number of rotatable bonds is 10. The Morgan fingerprint density at radius 1 is 0.971 bits per heavy atom. The number of hydroxylamine groups is 1. The predicted molar refractivity (Wildman–Crippen MR) is 131 cm³/mol. The van der Waals surface area contributed by atoms with Gasteiger partial charge in [-0.1, -0.05) is 54.1 Å². The van der Waals surface area contributed by atoms with Crippen molar-refractivity contribution in [2.45, 2.75) is 32.0 Å². The number of hydrogen-bond donors (Lipinski definition) is 4. The third-order valence-electron chi connectivity index (χ3n) is 5.12. The molecule has 3 aromatic rings. The van der Waals surface area contributed by atoms with E-state index in [1.165, 1.54) is 18.2 Å². The van der Waals surface area contributed by atoms with Crippen LogP contribution in [0.1, 0.15) is 30.1 Å². The molecule has 2 amide bonds. The van der Waals surface area contributed by atoms with Gasteiger partial charge in [-0.25, -0.2) is 10.3 Å². The zero-order chi connectivity index (χ0) is 25.0. The Labute approximate surface area is 203 Å². The van der Waals surface area contributed by atoms with Crippen LogP contribution in [0.25, 0.3) is 0 Å². The maximum Gasteiger partial charge on any atom is 0.412 e. The van der Waals surface area contributed by atoms with Gasteiger partial charge in [0, 0.05) is 11.8 Å². The number of hydrogen-bond acceptors (Lipinski definition) is 6. The first-order valence-corrected chi connectivity index (χ1v) is 11.1. The molecular formula is C27H28N2O6. The lowest BCUT2D eigenvalue weighted by molar-refractivity contribution is -0.124. The Morgan fingerprint density at radius 2 is 1.66 bits per heavy atom. The fraction of sp³-hybridized carbons (Fsp3) is 0.185. The van der Waals surface area contributed by atoms with Crippen LogP contribution in [0.3, 0.4) is 0 Å². The lowest BCUT2D eigenvalue weighted by Crippen LogP contribution is -2.31. The number of anilines is 1. The standard InChI is InChI=1S/C27H28N2O6/c1-19-11-15-21(16-12-19)28-27(32)35-26(20-13-17-22(30)18-14-20)24(9-5-6-10-25(31)29-33)34-23-7-3-2-4-8-23/h2-4,6-8,10-18,24,26,30,33H,5,9H2,1H3,(H,28,32)(H,29,31)/b10-6+/t24-,26-/m0/s1. The molecule has 4 N–H and O–H groups in total. The van der Waals surface area contributed by atoms with Gasteiger partial charge < -0.3 is 14.6 Å². The minimum atomic E-state index is -0.832. The molecule has 0 aliphatic heterocycles. The Morgan fingerprint density at radius 3 is 2.31 bits per heavy atom. The highest BCUT2D eigenvalue weighted by molar-refractivity contribution is 5.86. The van der Waals surface area contributed by atoms with Crippen LogP contribution in [-0.2, 0) is 9.53 Å². The summed E-state index contributed by atoms with van der Waals surface area (Å²) < 4.78 is 12.1. The number of allylic oxidation sites excluding steroid dienone is 1. The van der Waals surface area contributed by atoms with Crippen LogP contribution < -0.4 is 15.5 Å². The first-order chi connectivity index (χ1) is 16.9. The molecule has 8 heteroatoms. The molecule has 0 bridgehead atoms. The summed E-state index contributed by atoms with van der Waals surface area (Å²) in [7, 11) is 0. The van der Waals surface area contributed by atoms with Crippen LogP contribution in [0.4, 0.5) is 10.5 Å². The van der Waals surface area contributed by atoms with Crippen molar-refractivity contribution in [1.29, 1.82) is 0 Å². The van der Waals surface area contributed by atoms with Crippen LogP contribution >= 0.6 is 0 Å². The average molecular weight is 477 g/mol. The van der Waals surface area contributed by atoms with Gasteiger partial charge in [0.1, 0.15) is 17.6 Å². The minimum Gasteiger partial charge on any atom is -0.508 e. The number of para-hydroxylation sites is 1. The summed E-state index contributed by atoms with van der Waals surface area (Å²) in [6, 6.07) is 22.8. The number of carbonyl (C=O) groups excluding carboxylic acids is 2. The highest BCUT2D eigenvalue weighted by Crippen LogP contribution is 2.30. The third-order valence-corrected chi connectivity index (χ3v) is 5.12. The number of ether oxygens (including phenoxy) is 2. The van der Waals surface area contributed by atoms with E-state index in [1.807, 2.05) is 37.3 Å². The van der Waals surface area contributed by atoms with E-state index in [-0.39, 0.29) is 5.75 Å². The Hall–Kier alpha value is -4.30. The lowest BCUT2D eigenvalue weighted by Gasteiger charge is -2.28. The zero-order valence-corrected chi connectivity index (χ0v) is 19.3. The number of phenolic OH excluding ortho intramolecular Hbond substituents is 1. The molecule has 0 aliphatic rings. The van der Waals surface area contributed by atoms with Crippen LogP contribution in [-0.4, -0.2) is 28.4 Å². The van der Waals surface area contributed by atoms with E-state index in [1.54, 1.807) is 48.0 Å². The number of benzene rings is 3. The van der Waals surface area contributed by atoms with Crippen molar-refractivity contribution < 1.29 is 29.4 Å². The Kier molecular flexibility index (Phi) is 9.27. The second-order valence-corrected chi connectivity index (χ2v) is 7.83. The van der Waals surface area contributed by atoms with E-state index in [4.69, 9.17) is 14.7 Å². The van der Waals surface area contributed by atoms with Gasteiger partial charge in [0.15, 0.2) is 6.10 Å². The number of aromatic hydroxyl groups is 1. The lowest BCUT2D eigenvalue weighted by atomic mass is 10.00. The molecule has 182 valence electrons. The first-order valence-electron chi connectivity index (χ1n) is 11.1. The second kappa shape index (κ2) is 12.8. The summed E-state index contributed by atoms with van der Waals surface area (Å²) in [6.45, 7) is 1.95. The third kappa shape index (κ3) is 8.21. The molecule has 0 aliphatic carbocycles. The minimum absolute atomic E-state index is 0.0788. The van der Waals surface area contributed by atoms with Crippen LogP contribution in [0, 0.1) is 6.92 Å². The number of phenols is 1. The van der Waals surface area contributed by atoms with Crippen molar-refractivity contribution in [3.05, 3.63) is 102 Å². The first kappa shape index (κ1) is 25.3. The molecule has 3 aromatic carbocycles. The summed E-state index contributed by atoms with van der Waals surface area (Å²) in [4.78, 5) is 24.1. The van der Waals surface area contributed by atoms with E-state index in [2.05, 4.69) is 5.32 Å². The molecule has 2 atom stereocenters. The number of amides is 2. The van der Waals surface area contributed by atoms with Gasteiger partial charge in [-0.05, 0) is 61.7 Å². The number of nitrogens with one attached hydrogen (secondary N) is 2. The van der Waals surface area contributed by atoms with Crippen LogP contribution in [0.2, 0.25) is 0 Å². The summed E-state index contributed by atoms with van der Waals surface area (Å²) in [5.74, 6) is 0.0188. The molecule has 0 fully saturated rings. The monoisotopic (exact) mass is 476 g/mol. The van der Waals surface area contributed by atoms with Crippen molar-refractivity contribution in [2.24, 2.45) is 0 Å². The van der Waals surface area contributed by atoms with Crippen molar-refractivity contribution in [1.82, 2.24) is 5.48 Å². The van der Waals surface area contributed by atoms with Crippen molar-refractivity contribution >= 4 is 17.7 Å². The molecule has 0 aromatic heterocycles. The molecule has 3 rings (SSSR count). The number of aryl methyl sites for hydroxylation is 1. The maximum absolute atomic E-state index is 12.8. The SMILES string of the molecule is Cc1ccc(NC(=O)O[C@@H](c2ccc(O)cc2)[C@H](CC/C=C/C(=O)NO)Oc2ccccc2)cc1. The van der Waals surface area contributed by atoms with Crippen LogP contribution in [0.15, 0.2) is 91.0 Å². The zero-order valence-electron chi connectivity index (χ0n) is 19.3. The normalized spacial score (nSPS) is 12.5. The van der Waals surface area contributed by atoms with Crippen molar-refractivity contribution in [3.63, 3.8) is 0 Å². The van der Waals surface area contributed by atoms with Gasteiger partial charge >= 0.3 is 6.09 Å². The maximum atomic E-state index is 12.8. The Balaban J connectivity index is 1.85. The summed E-state index contributed by atoms with van der Waals surface area (Å²) in [6.07, 6.45) is 1.46. The summed E-state index contributed by atoms with van der Waals surface area (Å²) >= 11 is 0. The van der Waals surface area contributed by atoms with Gasteiger partial charge in [-0.2, -0.15) is 0 Å². The summed E-state index contributed by atoms with van der Waals surface area (Å²) in [5.41, 5.74) is 3.81. The van der Waals surface area contributed by atoms with Gasteiger partial charge in [-0.15, -0.1) is 0 Å². The van der Waals surface area contributed by atoms with Crippen molar-refractivity contribution in [2.75, 3.05) is 5.32 Å². The topological polar surface area (TPSA) is 117 Å². The Bertz CT molecular complexity index is 1110. The van der Waals surface area contributed by atoms with E-state index in [0.29, 0.717) is 29.8 Å². The van der Waals surface area contributed by atoms with Gasteiger partial charge in [0.05, 0.1) is 0 Å². The van der Waals surface area contributed by atoms with E-state index >= 15 is 0 Å². The average Bonchev–Trinajstić information content (AvgIpc) is 2.87. The van der Waals surface area contributed by atoms with Crippen LogP contribution in [0.5, 0.6) is 11.5 Å². The quantitative estimate of drug-likeness (QED) is 0.180. The number of carbonyl (C=O) groups is 2.